The van der Waals surface area contributed by atoms with Gasteiger partial charge in [-0.3, -0.25) is 14.2 Å². The molecule has 2 aromatic heterocycles. The van der Waals surface area contributed by atoms with Crippen molar-refractivity contribution in [3.05, 3.63) is 75.9 Å². The van der Waals surface area contributed by atoms with Gasteiger partial charge in [0.05, 0.1) is 22.9 Å². The van der Waals surface area contributed by atoms with Crippen LogP contribution < -0.4 is 10.9 Å². The normalized spacial score (nSPS) is 15.6. The first kappa shape index (κ1) is 22.8. The minimum Gasteiger partial charge on any atom is -0.376 e. The second-order valence-corrected chi connectivity index (χ2v) is 10.1. The Morgan fingerprint density at radius 1 is 1.21 bits per heavy atom. The lowest BCUT2D eigenvalue weighted by atomic mass is 10.1. The molecule has 1 amide bonds. The third kappa shape index (κ3) is 4.80. The molecule has 5 rings (SSSR count). The minimum atomic E-state index is -0.129. The predicted molar refractivity (Wildman–Crippen MR) is 138 cm³/mol. The van der Waals surface area contributed by atoms with Gasteiger partial charge in [-0.25, -0.2) is 4.98 Å². The summed E-state index contributed by atoms with van der Waals surface area (Å²) < 4.78 is 7.19. The number of amides is 1. The summed E-state index contributed by atoms with van der Waals surface area (Å²) >= 11 is 2.73. The van der Waals surface area contributed by atoms with Crippen LogP contribution in [0.5, 0.6) is 0 Å². The van der Waals surface area contributed by atoms with Crippen molar-refractivity contribution in [3.8, 4) is 16.8 Å². The van der Waals surface area contributed by atoms with Crippen LogP contribution in [0.4, 0.5) is 0 Å². The number of hydrogen-bond donors (Lipinski definition) is 1. The van der Waals surface area contributed by atoms with Crippen molar-refractivity contribution in [1.82, 2.24) is 14.9 Å². The standard InChI is InChI=1S/C26H25N3O3S2/c1-17-9-11-18(12-10-17)21-15-33-24-23(21)25(31)29(19-6-3-2-4-7-19)26(28-24)34-16-22(30)27-14-20-8-5-13-32-20/h2-4,6-7,9-12,15,20H,5,8,13-14,16H2,1H3,(H,27,30)/t20-/m0/s1. The maximum atomic E-state index is 13.8. The van der Waals surface area contributed by atoms with E-state index >= 15 is 0 Å². The minimum absolute atomic E-state index is 0.0947. The number of benzene rings is 2. The smallest absolute Gasteiger partial charge is 0.268 e. The highest BCUT2D eigenvalue weighted by Gasteiger charge is 2.20. The number of hydrogen-bond acceptors (Lipinski definition) is 6. The molecule has 0 unspecified atom stereocenters. The van der Waals surface area contributed by atoms with E-state index in [2.05, 4.69) is 5.32 Å². The second kappa shape index (κ2) is 10.1. The van der Waals surface area contributed by atoms with Crippen LogP contribution in [0.15, 0.2) is 69.9 Å². The Balaban J connectivity index is 1.49. The zero-order valence-electron chi connectivity index (χ0n) is 18.8. The van der Waals surface area contributed by atoms with Gasteiger partial charge in [-0.15, -0.1) is 11.3 Å². The summed E-state index contributed by atoms with van der Waals surface area (Å²) in [5, 5.41) is 6.04. The third-order valence-electron chi connectivity index (χ3n) is 5.84. The first-order valence-corrected chi connectivity index (χ1v) is 13.1. The summed E-state index contributed by atoms with van der Waals surface area (Å²) in [7, 11) is 0. The van der Waals surface area contributed by atoms with Gasteiger partial charge in [-0.05, 0) is 37.5 Å². The summed E-state index contributed by atoms with van der Waals surface area (Å²) in [4.78, 5) is 31.8. The summed E-state index contributed by atoms with van der Waals surface area (Å²) in [6.45, 7) is 3.32. The Kier molecular flexibility index (Phi) is 6.80. The molecule has 34 heavy (non-hydrogen) atoms. The van der Waals surface area contributed by atoms with Gasteiger partial charge in [0.25, 0.3) is 5.56 Å². The molecular formula is C26H25N3O3S2. The van der Waals surface area contributed by atoms with Crippen molar-refractivity contribution in [2.24, 2.45) is 0 Å². The highest BCUT2D eigenvalue weighted by molar-refractivity contribution is 7.99. The highest BCUT2D eigenvalue weighted by Crippen LogP contribution is 2.33. The van der Waals surface area contributed by atoms with Crippen LogP contribution in [0.2, 0.25) is 0 Å². The monoisotopic (exact) mass is 491 g/mol. The molecule has 0 spiro atoms. The third-order valence-corrected chi connectivity index (χ3v) is 7.65. The maximum absolute atomic E-state index is 13.8. The first-order valence-electron chi connectivity index (χ1n) is 11.3. The van der Waals surface area contributed by atoms with Crippen molar-refractivity contribution in [2.45, 2.75) is 31.0 Å². The van der Waals surface area contributed by atoms with Crippen LogP contribution in [0.25, 0.3) is 27.0 Å². The molecule has 6 nitrogen and oxygen atoms in total. The molecular weight excluding hydrogens is 466 g/mol. The van der Waals surface area contributed by atoms with Crippen molar-refractivity contribution >= 4 is 39.2 Å². The lowest BCUT2D eigenvalue weighted by molar-refractivity contribution is -0.119. The topological polar surface area (TPSA) is 73.2 Å². The molecule has 1 saturated heterocycles. The summed E-state index contributed by atoms with van der Waals surface area (Å²) in [5.41, 5.74) is 3.64. The Morgan fingerprint density at radius 3 is 2.74 bits per heavy atom. The number of carbonyl (C=O) groups is 1. The number of ether oxygens (including phenoxy) is 1. The van der Waals surface area contributed by atoms with E-state index in [1.54, 1.807) is 4.57 Å². The lowest BCUT2D eigenvalue weighted by Gasteiger charge is -2.13. The molecule has 0 bridgehead atoms. The fourth-order valence-corrected chi connectivity index (χ4v) is 5.86. The number of nitrogens with zero attached hydrogens (tertiary/aromatic N) is 2. The number of aryl methyl sites for hydroxylation is 1. The van der Waals surface area contributed by atoms with Crippen molar-refractivity contribution < 1.29 is 9.53 Å². The summed E-state index contributed by atoms with van der Waals surface area (Å²) in [6.07, 6.45) is 2.10. The van der Waals surface area contributed by atoms with Gasteiger partial charge in [-0.1, -0.05) is 59.8 Å². The number of thiophene rings is 1. The predicted octanol–water partition coefficient (Wildman–Crippen LogP) is 4.81. The molecule has 0 saturated carbocycles. The van der Waals surface area contributed by atoms with Gasteiger partial charge >= 0.3 is 0 Å². The summed E-state index contributed by atoms with van der Waals surface area (Å²) in [5.74, 6) is 0.0780. The average Bonchev–Trinajstić information content (AvgIpc) is 3.53. The van der Waals surface area contributed by atoms with E-state index in [1.807, 2.05) is 66.9 Å². The number of carbonyl (C=O) groups excluding carboxylic acids is 1. The molecule has 0 radical (unpaired) electrons. The van der Waals surface area contributed by atoms with Crippen LogP contribution >= 0.6 is 23.1 Å². The van der Waals surface area contributed by atoms with Crippen LogP contribution in [-0.4, -0.2) is 40.5 Å². The van der Waals surface area contributed by atoms with E-state index in [-0.39, 0.29) is 23.3 Å². The van der Waals surface area contributed by atoms with Crippen molar-refractivity contribution in [1.29, 1.82) is 0 Å². The Bertz CT molecular complexity index is 1360. The van der Waals surface area contributed by atoms with Gasteiger partial charge < -0.3 is 10.1 Å². The second-order valence-electron chi connectivity index (χ2n) is 8.29. The number of aromatic nitrogens is 2. The van der Waals surface area contributed by atoms with E-state index in [4.69, 9.17) is 9.72 Å². The van der Waals surface area contributed by atoms with Crippen molar-refractivity contribution in [3.63, 3.8) is 0 Å². The number of para-hydroxylation sites is 1. The molecule has 1 fully saturated rings. The molecule has 3 heterocycles. The largest absolute Gasteiger partial charge is 0.376 e. The fourth-order valence-electron chi connectivity index (χ4n) is 4.03. The molecule has 4 aromatic rings. The summed E-state index contributed by atoms with van der Waals surface area (Å²) in [6, 6.07) is 17.6. The Hall–Kier alpha value is -2.94. The Labute approximate surface area is 206 Å². The van der Waals surface area contributed by atoms with Gasteiger partial charge in [0.1, 0.15) is 4.83 Å². The highest BCUT2D eigenvalue weighted by atomic mass is 32.2. The Morgan fingerprint density at radius 2 is 2.00 bits per heavy atom. The average molecular weight is 492 g/mol. The van der Waals surface area contributed by atoms with E-state index < -0.39 is 0 Å². The van der Waals surface area contributed by atoms with Crippen LogP contribution in [0.3, 0.4) is 0 Å². The zero-order valence-corrected chi connectivity index (χ0v) is 20.5. The van der Waals surface area contributed by atoms with E-state index in [1.165, 1.54) is 28.7 Å². The molecule has 1 N–H and O–H groups in total. The maximum Gasteiger partial charge on any atom is 0.268 e. The van der Waals surface area contributed by atoms with Gasteiger partial charge in [0, 0.05) is 24.1 Å². The SMILES string of the molecule is Cc1ccc(-c2csc3nc(SCC(=O)NC[C@@H]4CCCO4)n(-c4ccccc4)c(=O)c23)cc1. The van der Waals surface area contributed by atoms with Crippen LogP contribution in [0, 0.1) is 6.92 Å². The lowest BCUT2D eigenvalue weighted by Crippen LogP contribution is -2.33. The van der Waals surface area contributed by atoms with Gasteiger partial charge in [0.15, 0.2) is 5.16 Å². The zero-order chi connectivity index (χ0) is 23.5. The van der Waals surface area contributed by atoms with Crippen LogP contribution in [0.1, 0.15) is 18.4 Å². The molecule has 174 valence electrons. The molecule has 1 aliphatic rings. The van der Waals surface area contributed by atoms with Crippen LogP contribution in [-0.2, 0) is 9.53 Å². The fraction of sp³-hybridized carbons (Fsp3) is 0.269. The molecule has 1 atom stereocenters. The van der Waals surface area contributed by atoms with Gasteiger partial charge in [0.2, 0.25) is 5.91 Å². The molecule has 8 heteroatoms. The quantitative estimate of drug-likeness (QED) is 0.297. The molecule has 2 aromatic carbocycles. The molecule has 0 aliphatic carbocycles. The number of fused-ring (bicyclic) bond motifs is 1. The van der Waals surface area contributed by atoms with Gasteiger partial charge in [-0.2, -0.15) is 0 Å². The number of nitrogens with one attached hydrogen (secondary N) is 1. The molecule has 1 aliphatic heterocycles. The van der Waals surface area contributed by atoms with E-state index in [0.29, 0.717) is 21.9 Å². The number of thioether (sulfide) groups is 1. The van der Waals surface area contributed by atoms with E-state index in [0.717, 1.165) is 36.3 Å². The van der Waals surface area contributed by atoms with Crippen molar-refractivity contribution in [2.75, 3.05) is 18.9 Å². The first-order chi connectivity index (χ1) is 16.6. The van der Waals surface area contributed by atoms with E-state index in [9.17, 15) is 9.59 Å². The number of rotatable bonds is 7.